The first-order valence-corrected chi connectivity index (χ1v) is 6.39. The molecule has 102 valence electrons. The molecule has 0 saturated heterocycles. The van der Waals surface area contributed by atoms with Gasteiger partial charge in [-0.1, -0.05) is 47.3 Å². The van der Waals surface area contributed by atoms with Crippen molar-refractivity contribution in [1.82, 2.24) is 20.1 Å². The van der Waals surface area contributed by atoms with Crippen molar-refractivity contribution >= 4 is 11.0 Å². The maximum atomic E-state index is 5.70. The number of fused-ring (bicyclic) bond motifs is 1. The number of hydrogen-bond acceptors (Lipinski definition) is 5. The van der Waals surface area contributed by atoms with E-state index in [4.69, 9.17) is 9.25 Å². The Morgan fingerprint density at radius 2 is 1.76 bits per heavy atom. The quantitative estimate of drug-likeness (QED) is 0.576. The van der Waals surface area contributed by atoms with Gasteiger partial charge in [-0.25, -0.2) is 0 Å². The van der Waals surface area contributed by atoms with Gasteiger partial charge in [0.1, 0.15) is 11.0 Å². The van der Waals surface area contributed by atoms with Gasteiger partial charge >= 0.3 is 0 Å². The van der Waals surface area contributed by atoms with Gasteiger partial charge in [0, 0.05) is 5.56 Å². The van der Waals surface area contributed by atoms with Crippen molar-refractivity contribution in [3.05, 3.63) is 61.0 Å². The summed E-state index contributed by atoms with van der Waals surface area (Å²) in [7, 11) is 0. The minimum atomic E-state index is 0.344. The third-order valence-electron chi connectivity index (χ3n) is 3.07. The van der Waals surface area contributed by atoms with Crippen molar-refractivity contribution < 1.29 is 9.25 Å². The van der Waals surface area contributed by atoms with Gasteiger partial charge in [-0.05, 0) is 17.3 Å². The molecule has 4 rings (SSSR count). The zero-order valence-electron chi connectivity index (χ0n) is 10.9. The van der Waals surface area contributed by atoms with E-state index < -0.39 is 0 Å². The third kappa shape index (κ3) is 2.02. The summed E-state index contributed by atoms with van der Waals surface area (Å²) in [6.45, 7) is 0. The van der Waals surface area contributed by atoms with Crippen LogP contribution in [0.25, 0.3) is 22.4 Å². The van der Waals surface area contributed by atoms with E-state index in [1.807, 2.05) is 54.6 Å². The third-order valence-corrected chi connectivity index (χ3v) is 3.07. The predicted octanol–water partition coefficient (Wildman–Crippen LogP) is 2.93. The molecular weight excluding hydrogens is 268 g/mol. The molecule has 2 aromatic heterocycles. The van der Waals surface area contributed by atoms with Gasteiger partial charge in [0.25, 0.3) is 5.88 Å². The minimum absolute atomic E-state index is 0.344. The summed E-state index contributed by atoms with van der Waals surface area (Å²) in [5, 5.41) is 8.00. The second-order valence-corrected chi connectivity index (χ2v) is 4.40. The second kappa shape index (κ2) is 4.75. The standard InChI is InChI=1S/C15H10N4O2/c1-2-6-11(7-3-1)14-15(16-10-20-14)21-19-13-9-5-4-8-12(13)17-18-19/h1-10H. The molecule has 6 heteroatoms. The Morgan fingerprint density at radius 1 is 0.952 bits per heavy atom. The minimum Gasteiger partial charge on any atom is -0.439 e. The van der Waals surface area contributed by atoms with Gasteiger partial charge in [-0.15, -0.1) is 5.10 Å². The molecule has 0 fully saturated rings. The molecule has 2 aromatic carbocycles. The van der Waals surface area contributed by atoms with Crippen LogP contribution in [0.3, 0.4) is 0 Å². The van der Waals surface area contributed by atoms with Gasteiger partial charge in [0.05, 0.1) is 0 Å². The van der Waals surface area contributed by atoms with Crippen LogP contribution in [0.2, 0.25) is 0 Å². The van der Waals surface area contributed by atoms with Crippen LogP contribution in [0.4, 0.5) is 0 Å². The van der Waals surface area contributed by atoms with E-state index >= 15 is 0 Å². The van der Waals surface area contributed by atoms with Gasteiger partial charge < -0.3 is 9.25 Å². The average Bonchev–Trinajstić information content (AvgIpc) is 3.16. The molecule has 0 atom stereocenters. The van der Waals surface area contributed by atoms with Crippen molar-refractivity contribution in [2.45, 2.75) is 0 Å². The topological polar surface area (TPSA) is 66.0 Å². The summed E-state index contributed by atoms with van der Waals surface area (Å²) in [5.41, 5.74) is 2.40. The molecule has 0 unspecified atom stereocenters. The number of benzene rings is 2. The monoisotopic (exact) mass is 278 g/mol. The molecule has 0 radical (unpaired) electrons. The fourth-order valence-corrected chi connectivity index (χ4v) is 2.08. The number of rotatable bonds is 3. The van der Waals surface area contributed by atoms with Crippen molar-refractivity contribution in [3.63, 3.8) is 0 Å². The predicted molar refractivity (Wildman–Crippen MR) is 75.5 cm³/mol. The largest absolute Gasteiger partial charge is 0.439 e. The van der Waals surface area contributed by atoms with Crippen molar-refractivity contribution in [3.8, 4) is 17.2 Å². The van der Waals surface area contributed by atoms with Crippen LogP contribution in [-0.4, -0.2) is 20.1 Å². The number of aromatic nitrogens is 4. The first-order chi connectivity index (χ1) is 10.4. The maximum absolute atomic E-state index is 5.70. The lowest BCUT2D eigenvalue weighted by Crippen LogP contribution is -2.07. The normalized spacial score (nSPS) is 10.9. The second-order valence-electron chi connectivity index (χ2n) is 4.40. The first-order valence-electron chi connectivity index (χ1n) is 6.39. The lowest BCUT2D eigenvalue weighted by Gasteiger charge is -2.03. The van der Waals surface area contributed by atoms with Gasteiger partial charge in [-0.3, -0.25) is 0 Å². The van der Waals surface area contributed by atoms with E-state index in [1.54, 1.807) is 0 Å². The lowest BCUT2D eigenvalue weighted by molar-refractivity contribution is 0.177. The fraction of sp³-hybridized carbons (Fsp3) is 0. The van der Waals surface area contributed by atoms with E-state index in [-0.39, 0.29) is 0 Å². The van der Waals surface area contributed by atoms with Crippen LogP contribution in [0.1, 0.15) is 0 Å². The highest BCUT2D eigenvalue weighted by molar-refractivity contribution is 5.73. The summed E-state index contributed by atoms with van der Waals surface area (Å²) in [6, 6.07) is 17.2. The smallest absolute Gasteiger partial charge is 0.295 e. The SMILES string of the molecule is c1ccc(-c2ocnc2On2nnc3ccccc32)cc1. The lowest BCUT2D eigenvalue weighted by atomic mass is 10.2. The average molecular weight is 278 g/mol. The Hall–Kier alpha value is -3.15. The molecule has 21 heavy (non-hydrogen) atoms. The molecule has 0 N–H and O–H groups in total. The van der Waals surface area contributed by atoms with Gasteiger partial charge in [0.2, 0.25) is 5.76 Å². The first kappa shape index (κ1) is 11.7. The number of para-hydroxylation sites is 1. The van der Waals surface area contributed by atoms with Crippen LogP contribution in [0.15, 0.2) is 65.4 Å². The summed E-state index contributed by atoms with van der Waals surface area (Å²) in [6.07, 6.45) is 1.34. The Balaban J connectivity index is 1.74. The molecule has 0 bridgehead atoms. The molecule has 0 amide bonds. The summed E-state index contributed by atoms with van der Waals surface area (Å²) >= 11 is 0. The van der Waals surface area contributed by atoms with Crippen molar-refractivity contribution in [2.24, 2.45) is 0 Å². The molecular formula is C15H10N4O2. The Morgan fingerprint density at radius 3 is 2.67 bits per heavy atom. The van der Waals surface area contributed by atoms with E-state index in [0.717, 1.165) is 16.6 Å². The Bertz CT molecular complexity index is 883. The summed E-state index contributed by atoms with van der Waals surface area (Å²) in [5.74, 6) is 0.895. The zero-order valence-corrected chi connectivity index (χ0v) is 10.9. The summed E-state index contributed by atoms with van der Waals surface area (Å²) in [4.78, 5) is 11.1. The van der Waals surface area contributed by atoms with Gasteiger partial charge in [-0.2, -0.15) is 4.98 Å². The Labute approximate surface area is 119 Å². The number of oxazole rings is 1. The van der Waals surface area contributed by atoms with E-state index in [0.29, 0.717) is 11.6 Å². The van der Waals surface area contributed by atoms with Crippen molar-refractivity contribution in [1.29, 1.82) is 0 Å². The van der Waals surface area contributed by atoms with Crippen molar-refractivity contribution in [2.75, 3.05) is 0 Å². The van der Waals surface area contributed by atoms with Crippen LogP contribution in [0.5, 0.6) is 5.88 Å². The highest BCUT2D eigenvalue weighted by Gasteiger charge is 2.15. The molecule has 0 saturated carbocycles. The molecule has 0 aliphatic carbocycles. The highest BCUT2D eigenvalue weighted by atomic mass is 16.7. The van der Waals surface area contributed by atoms with E-state index in [9.17, 15) is 0 Å². The maximum Gasteiger partial charge on any atom is 0.295 e. The fourth-order valence-electron chi connectivity index (χ4n) is 2.08. The van der Waals surface area contributed by atoms with Crippen LogP contribution >= 0.6 is 0 Å². The number of hydrogen-bond donors (Lipinski definition) is 0. The molecule has 0 aliphatic heterocycles. The summed E-state index contributed by atoms with van der Waals surface area (Å²) < 4.78 is 5.41. The molecule has 0 aliphatic rings. The molecule has 6 nitrogen and oxygen atoms in total. The molecule has 0 spiro atoms. The molecule has 2 heterocycles. The molecule has 4 aromatic rings. The van der Waals surface area contributed by atoms with Gasteiger partial charge in [0.15, 0.2) is 6.39 Å². The van der Waals surface area contributed by atoms with E-state index in [1.165, 1.54) is 11.2 Å². The van der Waals surface area contributed by atoms with Crippen LogP contribution in [-0.2, 0) is 0 Å². The van der Waals surface area contributed by atoms with Crippen LogP contribution < -0.4 is 4.84 Å². The van der Waals surface area contributed by atoms with E-state index in [2.05, 4.69) is 15.3 Å². The number of nitrogens with zero attached hydrogens (tertiary/aromatic N) is 4. The highest BCUT2D eigenvalue weighted by Crippen LogP contribution is 2.29. The Kier molecular flexibility index (Phi) is 2.64. The van der Waals surface area contributed by atoms with Crippen LogP contribution in [0, 0.1) is 0 Å². The zero-order chi connectivity index (χ0) is 14.1.